The zero-order valence-electron chi connectivity index (χ0n) is 17.8. The molecule has 168 valence electrons. The lowest BCUT2D eigenvalue weighted by Crippen LogP contribution is -2.42. The minimum Gasteiger partial charge on any atom is -0.339 e. The van der Waals surface area contributed by atoms with Crippen LogP contribution in [-0.4, -0.2) is 48.5 Å². The monoisotopic (exact) mass is 458 g/mol. The maximum Gasteiger partial charge on any atom is 0.332 e. The van der Waals surface area contributed by atoms with Crippen molar-refractivity contribution in [2.45, 2.75) is 25.8 Å². The summed E-state index contributed by atoms with van der Waals surface area (Å²) in [7, 11) is 3.12. The largest absolute Gasteiger partial charge is 0.339 e. The number of aromatic nitrogens is 4. The normalized spacial score (nSPS) is 14.0. The smallest absolute Gasteiger partial charge is 0.332 e. The Morgan fingerprint density at radius 2 is 1.84 bits per heavy atom. The van der Waals surface area contributed by atoms with Crippen LogP contribution in [0.5, 0.6) is 0 Å². The molecule has 11 heteroatoms. The SMILES string of the molecule is Cn1cnc2c1c(=O)n(CC(=O)Nc1cc(Cl)ccc1C(=O)N1CCCCC1)c(=O)n2C. The number of halogens is 1. The maximum absolute atomic E-state index is 13.0. The highest BCUT2D eigenvalue weighted by atomic mass is 35.5. The van der Waals surface area contributed by atoms with Crippen molar-refractivity contribution in [1.82, 2.24) is 23.6 Å². The van der Waals surface area contributed by atoms with Crippen molar-refractivity contribution >= 4 is 40.3 Å². The first-order chi connectivity index (χ1) is 15.3. The third kappa shape index (κ3) is 3.93. The van der Waals surface area contributed by atoms with Gasteiger partial charge in [-0.25, -0.2) is 14.3 Å². The Hall–Kier alpha value is -3.40. The van der Waals surface area contributed by atoms with Gasteiger partial charge in [0.2, 0.25) is 5.91 Å². The van der Waals surface area contributed by atoms with Crippen LogP contribution in [-0.2, 0) is 25.4 Å². The van der Waals surface area contributed by atoms with E-state index in [0.717, 1.165) is 23.8 Å². The Labute approximate surface area is 188 Å². The number of piperidine rings is 1. The molecule has 3 aromatic rings. The number of nitrogens with one attached hydrogen (secondary N) is 1. The zero-order chi connectivity index (χ0) is 23.0. The van der Waals surface area contributed by atoms with Crippen molar-refractivity contribution in [2.75, 3.05) is 18.4 Å². The van der Waals surface area contributed by atoms with E-state index >= 15 is 0 Å². The number of fused-ring (bicyclic) bond motifs is 1. The Balaban J connectivity index is 1.64. The summed E-state index contributed by atoms with van der Waals surface area (Å²) >= 11 is 6.10. The van der Waals surface area contributed by atoms with Gasteiger partial charge in [-0.1, -0.05) is 11.6 Å². The number of benzene rings is 1. The predicted molar refractivity (Wildman–Crippen MR) is 120 cm³/mol. The van der Waals surface area contributed by atoms with E-state index in [1.54, 1.807) is 24.1 Å². The van der Waals surface area contributed by atoms with Crippen molar-refractivity contribution < 1.29 is 9.59 Å². The summed E-state index contributed by atoms with van der Waals surface area (Å²) in [5.74, 6) is -0.818. The van der Waals surface area contributed by atoms with Gasteiger partial charge >= 0.3 is 5.69 Å². The van der Waals surface area contributed by atoms with Crippen LogP contribution in [0.3, 0.4) is 0 Å². The Morgan fingerprint density at radius 3 is 2.56 bits per heavy atom. The lowest BCUT2D eigenvalue weighted by Gasteiger charge is -2.27. The molecular formula is C21H23ClN6O4. The van der Waals surface area contributed by atoms with Gasteiger partial charge in [-0.05, 0) is 37.5 Å². The van der Waals surface area contributed by atoms with Crippen molar-refractivity contribution in [3.63, 3.8) is 0 Å². The zero-order valence-corrected chi connectivity index (χ0v) is 18.6. The average molecular weight is 459 g/mol. The van der Waals surface area contributed by atoms with E-state index in [1.807, 2.05) is 0 Å². The molecule has 1 aliphatic heterocycles. The summed E-state index contributed by atoms with van der Waals surface area (Å²) in [6, 6.07) is 4.65. The summed E-state index contributed by atoms with van der Waals surface area (Å²) in [5.41, 5.74) is -0.274. The Kier molecular flexibility index (Phi) is 5.88. The molecule has 32 heavy (non-hydrogen) atoms. The van der Waals surface area contributed by atoms with Gasteiger partial charge in [-0.3, -0.25) is 19.0 Å². The van der Waals surface area contributed by atoms with Crippen LogP contribution >= 0.6 is 11.6 Å². The van der Waals surface area contributed by atoms with Crippen LogP contribution in [0.1, 0.15) is 29.6 Å². The molecule has 2 amide bonds. The minimum atomic E-state index is -0.660. The number of hydrogen-bond acceptors (Lipinski definition) is 5. The van der Waals surface area contributed by atoms with Gasteiger partial charge < -0.3 is 14.8 Å². The number of likely N-dealkylation sites (tertiary alicyclic amines) is 1. The van der Waals surface area contributed by atoms with Crippen molar-refractivity contribution in [2.24, 2.45) is 14.1 Å². The Bertz CT molecular complexity index is 1330. The first-order valence-corrected chi connectivity index (χ1v) is 10.6. The molecule has 0 spiro atoms. The van der Waals surface area contributed by atoms with Crippen molar-refractivity contribution in [3.8, 4) is 0 Å². The summed E-state index contributed by atoms with van der Waals surface area (Å²) in [5, 5.41) is 3.00. The summed E-state index contributed by atoms with van der Waals surface area (Å²) in [6.07, 6.45) is 4.38. The summed E-state index contributed by atoms with van der Waals surface area (Å²) in [6.45, 7) is 0.798. The van der Waals surface area contributed by atoms with Crippen LogP contribution in [0, 0.1) is 0 Å². The number of carbonyl (C=O) groups is 2. The van der Waals surface area contributed by atoms with E-state index in [9.17, 15) is 19.2 Å². The fourth-order valence-electron chi connectivity index (χ4n) is 3.94. The molecule has 1 saturated heterocycles. The van der Waals surface area contributed by atoms with E-state index < -0.39 is 23.7 Å². The summed E-state index contributed by atoms with van der Waals surface area (Å²) in [4.78, 5) is 57.1. The van der Waals surface area contributed by atoms with Gasteiger partial charge in [0, 0.05) is 32.2 Å². The second-order valence-electron chi connectivity index (χ2n) is 7.85. The molecule has 1 N–H and O–H groups in total. The van der Waals surface area contributed by atoms with Crippen LogP contribution in [0.15, 0.2) is 34.1 Å². The average Bonchev–Trinajstić information content (AvgIpc) is 3.17. The first-order valence-electron chi connectivity index (χ1n) is 10.3. The van der Waals surface area contributed by atoms with E-state index in [4.69, 9.17) is 11.6 Å². The highest BCUT2D eigenvalue weighted by Crippen LogP contribution is 2.24. The van der Waals surface area contributed by atoms with Gasteiger partial charge in [0.15, 0.2) is 11.2 Å². The first kappa shape index (κ1) is 21.8. The van der Waals surface area contributed by atoms with Crippen LogP contribution < -0.4 is 16.6 Å². The van der Waals surface area contributed by atoms with Gasteiger partial charge in [0.25, 0.3) is 11.5 Å². The van der Waals surface area contributed by atoms with E-state index in [1.165, 1.54) is 28.6 Å². The van der Waals surface area contributed by atoms with Gasteiger partial charge in [-0.2, -0.15) is 0 Å². The second-order valence-corrected chi connectivity index (χ2v) is 8.29. The van der Waals surface area contributed by atoms with Gasteiger partial charge in [0.1, 0.15) is 6.54 Å². The number of amides is 2. The van der Waals surface area contributed by atoms with E-state index in [0.29, 0.717) is 23.7 Å². The van der Waals surface area contributed by atoms with Gasteiger partial charge in [-0.15, -0.1) is 0 Å². The topological polar surface area (TPSA) is 111 Å². The third-order valence-corrected chi connectivity index (χ3v) is 5.87. The maximum atomic E-state index is 13.0. The number of imidazole rings is 1. The fraction of sp³-hybridized carbons (Fsp3) is 0.381. The molecule has 0 unspecified atom stereocenters. The molecular weight excluding hydrogens is 436 g/mol. The van der Waals surface area contributed by atoms with Crippen LogP contribution in [0.4, 0.5) is 5.69 Å². The summed E-state index contributed by atoms with van der Waals surface area (Å²) < 4.78 is 3.56. The number of aryl methyl sites for hydroxylation is 2. The second kappa shape index (κ2) is 8.62. The molecule has 1 aliphatic rings. The lowest BCUT2D eigenvalue weighted by molar-refractivity contribution is -0.116. The van der Waals surface area contributed by atoms with Gasteiger partial charge in [0.05, 0.1) is 17.6 Å². The lowest BCUT2D eigenvalue weighted by atomic mass is 10.1. The molecule has 10 nitrogen and oxygen atoms in total. The number of carbonyl (C=O) groups excluding carboxylic acids is 2. The van der Waals surface area contributed by atoms with Crippen molar-refractivity contribution in [3.05, 3.63) is 56.0 Å². The molecule has 0 atom stereocenters. The number of nitrogens with zero attached hydrogens (tertiary/aromatic N) is 5. The molecule has 0 radical (unpaired) electrons. The third-order valence-electron chi connectivity index (χ3n) is 5.63. The molecule has 3 heterocycles. The molecule has 0 bridgehead atoms. The standard InChI is InChI=1S/C21H23ClN6O4/c1-25-12-23-18-17(25)20(31)28(21(32)26(18)2)11-16(29)24-15-10-13(22)6-7-14(15)19(30)27-8-4-3-5-9-27/h6-7,10,12H,3-5,8-9,11H2,1-2H3,(H,24,29). The predicted octanol–water partition coefficient (Wildman–Crippen LogP) is 1.35. The van der Waals surface area contributed by atoms with E-state index in [2.05, 4.69) is 10.3 Å². The fourth-order valence-corrected chi connectivity index (χ4v) is 4.11. The van der Waals surface area contributed by atoms with Crippen molar-refractivity contribution in [1.29, 1.82) is 0 Å². The molecule has 1 aromatic carbocycles. The molecule has 4 rings (SSSR count). The van der Waals surface area contributed by atoms with E-state index in [-0.39, 0.29) is 22.8 Å². The molecule has 1 fully saturated rings. The molecule has 0 aliphatic carbocycles. The quantitative estimate of drug-likeness (QED) is 0.634. The number of hydrogen-bond donors (Lipinski definition) is 1. The van der Waals surface area contributed by atoms with Crippen LogP contribution in [0.2, 0.25) is 5.02 Å². The number of anilines is 1. The molecule has 0 saturated carbocycles. The minimum absolute atomic E-state index is 0.193. The highest BCUT2D eigenvalue weighted by Gasteiger charge is 2.23. The highest BCUT2D eigenvalue weighted by molar-refractivity contribution is 6.31. The van der Waals surface area contributed by atoms with Crippen LogP contribution in [0.25, 0.3) is 11.2 Å². The number of rotatable bonds is 4. The Morgan fingerprint density at radius 1 is 1.12 bits per heavy atom. The molecule has 2 aromatic heterocycles.